The summed E-state index contributed by atoms with van der Waals surface area (Å²) in [6.45, 7) is 3.68. The molecule has 0 aliphatic carbocycles. The lowest BCUT2D eigenvalue weighted by atomic mass is 10.2. The van der Waals surface area contributed by atoms with Gasteiger partial charge in [-0.1, -0.05) is 0 Å². The first-order valence-corrected chi connectivity index (χ1v) is 4.88. The number of hydrogen-bond donors (Lipinski definition) is 1. The Morgan fingerprint density at radius 3 is 2.93 bits per heavy atom. The Morgan fingerprint density at radius 1 is 1.67 bits per heavy atom. The summed E-state index contributed by atoms with van der Waals surface area (Å²) in [6.07, 6.45) is 9.10. The van der Waals surface area contributed by atoms with E-state index in [1.165, 1.54) is 0 Å². The molecule has 1 rings (SSSR count). The summed E-state index contributed by atoms with van der Waals surface area (Å²) in [7, 11) is 0. The molecule has 0 spiro atoms. The number of rotatable bonds is 4. The van der Waals surface area contributed by atoms with Crippen LogP contribution in [0.5, 0.6) is 0 Å². The molecule has 2 atom stereocenters. The normalized spacial score (nSPS) is 13.9. The van der Waals surface area contributed by atoms with E-state index < -0.39 is 0 Å². The van der Waals surface area contributed by atoms with Gasteiger partial charge in [0.2, 0.25) is 5.91 Å². The highest BCUT2D eigenvalue weighted by Crippen LogP contribution is 2.03. The molecule has 2 unspecified atom stereocenters. The molecule has 0 aliphatic rings. The molecule has 1 heterocycles. The van der Waals surface area contributed by atoms with E-state index in [2.05, 4.69) is 16.3 Å². The highest BCUT2D eigenvalue weighted by molar-refractivity contribution is 5.80. The molecule has 1 aromatic heterocycles. The van der Waals surface area contributed by atoms with Gasteiger partial charge in [0.1, 0.15) is 6.04 Å². The van der Waals surface area contributed by atoms with E-state index in [9.17, 15) is 4.79 Å². The van der Waals surface area contributed by atoms with Crippen LogP contribution in [0.25, 0.3) is 0 Å². The van der Waals surface area contributed by atoms with Crippen molar-refractivity contribution in [3.63, 3.8) is 0 Å². The first-order chi connectivity index (χ1) is 7.15. The second-order valence-electron chi connectivity index (χ2n) is 3.48. The standard InChI is InChI=1S/C11H15N3O/c1-4-6-9(2)13-11(15)10(3)14-8-5-7-12-14/h1,5,7-10H,6H2,2-3H3,(H,13,15). The Hall–Kier alpha value is -1.76. The predicted molar refractivity (Wildman–Crippen MR) is 58.0 cm³/mol. The summed E-state index contributed by atoms with van der Waals surface area (Å²) in [4.78, 5) is 11.7. The topological polar surface area (TPSA) is 46.9 Å². The lowest BCUT2D eigenvalue weighted by Crippen LogP contribution is -2.37. The van der Waals surface area contributed by atoms with Gasteiger partial charge in [0.15, 0.2) is 0 Å². The number of nitrogens with one attached hydrogen (secondary N) is 1. The van der Waals surface area contributed by atoms with Crippen LogP contribution in [-0.2, 0) is 4.79 Å². The van der Waals surface area contributed by atoms with E-state index in [0.717, 1.165) is 0 Å². The molecule has 80 valence electrons. The fourth-order valence-electron chi connectivity index (χ4n) is 1.22. The van der Waals surface area contributed by atoms with Crippen LogP contribution >= 0.6 is 0 Å². The number of terminal acetylenes is 1. The van der Waals surface area contributed by atoms with Crippen molar-refractivity contribution in [2.24, 2.45) is 0 Å². The molecule has 1 amide bonds. The van der Waals surface area contributed by atoms with Crippen LogP contribution in [0.4, 0.5) is 0 Å². The molecule has 0 aliphatic heterocycles. The lowest BCUT2D eigenvalue weighted by Gasteiger charge is -2.16. The molecular weight excluding hydrogens is 190 g/mol. The molecule has 1 N–H and O–H groups in total. The van der Waals surface area contributed by atoms with E-state index in [1.54, 1.807) is 30.1 Å². The van der Waals surface area contributed by atoms with Crippen molar-refractivity contribution in [3.05, 3.63) is 18.5 Å². The molecule has 1 aromatic rings. The lowest BCUT2D eigenvalue weighted by molar-refractivity contribution is -0.124. The van der Waals surface area contributed by atoms with Crippen molar-refractivity contribution >= 4 is 5.91 Å². The van der Waals surface area contributed by atoms with E-state index in [1.807, 2.05) is 6.92 Å². The largest absolute Gasteiger partial charge is 0.351 e. The fourth-order valence-corrected chi connectivity index (χ4v) is 1.22. The summed E-state index contributed by atoms with van der Waals surface area (Å²) in [5.41, 5.74) is 0. The molecule has 0 saturated carbocycles. The minimum Gasteiger partial charge on any atom is -0.351 e. The molecule has 15 heavy (non-hydrogen) atoms. The number of amides is 1. The van der Waals surface area contributed by atoms with E-state index in [4.69, 9.17) is 6.42 Å². The molecule has 0 aromatic carbocycles. The minimum atomic E-state index is -0.305. The summed E-state index contributed by atoms with van der Waals surface area (Å²) in [6, 6.07) is 1.48. The average Bonchev–Trinajstić information content (AvgIpc) is 2.69. The summed E-state index contributed by atoms with van der Waals surface area (Å²) >= 11 is 0. The molecule has 0 saturated heterocycles. The highest BCUT2D eigenvalue weighted by Gasteiger charge is 2.16. The maximum Gasteiger partial charge on any atom is 0.244 e. The van der Waals surface area contributed by atoms with Crippen LogP contribution < -0.4 is 5.32 Å². The van der Waals surface area contributed by atoms with Gasteiger partial charge in [-0.2, -0.15) is 5.10 Å². The SMILES string of the molecule is C#CCC(C)NC(=O)C(C)n1cccn1. The third-order valence-corrected chi connectivity index (χ3v) is 2.11. The third kappa shape index (κ3) is 3.13. The Balaban J connectivity index is 2.51. The first-order valence-electron chi connectivity index (χ1n) is 4.88. The van der Waals surface area contributed by atoms with Crippen molar-refractivity contribution in [1.82, 2.24) is 15.1 Å². The van der Waals surface area contributed by atoms with Gasteiger partial charge in [-0.05, 0) is 19.9 Å². The zero-order chi connectivity index (χ0) is 11.3. The number of hydrogen-bond acceptors (Lipinski definition) is 2. The van der Waals surface area contributed by atoms with Gasteiger partial charge in [-0.25, -0.2) is 0 Å². The maximum atomic E-state index is 11.7. The third-order valence-electron chi connectivity index (χ3n) is 2.11. The zero-order valence-corrected chi connectivity index (χ0v) is 8.97. The quantitative estimate of drug-likeness (QED) is 0.744. The van der Waals surface area contributed by atoms with Crippen molar-refractivity contribution < 1.29 is 4.79 Å². The summed E-state index contributed by atoms with van der Waals surface area (Å²) in [5, 5.41) is 6.83. The van der Waals surface area contributed by atoms with Crippen LogP contribution in [0.1, 0.15) is 26.3 Å². The molecule has 4 heteroatoms. The Labute approximate surface area is 89.7 Å². The van der Waals surface area contributed by atoms with Gasteiger partial charge >= 0.3 is 0 Å². The molecule has 0 fully saturated rings. The van der Waals surface area contributed by atoms with Gasteiger partial charge in [0, 0.05) is 24.9 Å². The molecule has 0 radical (unpaired) electrons. The van der Waals surface area contributed by atoms with Crippen molar-refractivity contribution in [3.8, 4) is 12.3 Å². The second-order valence-corrected chi connectivity index (χ2v) is 3.48. The number of aromatic nitrogens is 2. The smallest absolute Gasteiger partial charge is 0.244 e. The first kappa shape index (κ1) is 11.3. The fraction of sp³-hybridized carbons (Fsp3) is 0.455. The Bertz CT molecular complexity index is 350. The van der Waals surface area contributed by atoms with Crippen LogP contribution in [0.2, 0.25) is 0 Å². The monoisotopic (exact) mass is 205 g/mol. The maximum absolute atomic E-state index is 11.7. The van der Waals surface area contributed by atoms with Crippen molar-refractivity contribution in [1.29, 1.82) is 0 Å². The van der Waals surface area contributed by atoms with Crippen LogP contribution in [0.3, 0.4) is 0 Å². The van der Waals surface area contributed by atoms with E-state index in [-0.39, 0.29) is 18.0 Å². The highest BCUT2D eigenvalue weighted by atomic mass is 16.2. The van der Waals surface area contributed by atoms with Crippen LogP contribution in [0, 0.1) is 12.3 Å². The van der Waals surface area contributed by atoms with Gasteiger partial charge < -0.3 is 5.32 Å². The van der Waals surface area contributed by atoms with Crippen LogP contribution in [-0.4, -0.2) is 21.7 Å². The number of nitrogens with zero attached hydrogens (tertiary/aromatic N) is 2. The molecular formula is C11H15N3O. The zero-order valence-electron chi connectivity index (χ0n) is 8.97. The second kappa shape index (κ2) is 5.20. The van der Waals surface area contributed by atoms with Gasteiger partial charge in [-0.3, -0.25) is 9.48 Å². The van der Waals surface area contributed by atoms with Gasteiger partial charge in [0.25, 0.3) is 0 Å². The van der Waals surface area contributed by atoms with Crippen LogP contribution in [0.15, 0.2) is 18.5 Å². The Kier molecular flexibility index (Phi) is 3.92. The minimum absolute atomic E-state index is 0.000474. The summed E-state index contributed by atoms with van der Waals surface area (Å²) < 4.78 is 1.61. The molecule has 0 bridgehead atoms. The molecule has 4 nitrogen and oxygen atoms in total. The number of carbonyl (C=O) groups excluding carboxylic acids is 1. The van der Waals surface area contributed by atoms with Crippen molar-refractivity contribution in [2.45, 2.75) is 32.4 Å². The Morgan fingerprint density at radius 2 is 2.40 bits per heavy atom. The van der Waals surface area contributed by atoms with E-state index >= 15 is 0 Å². The average molecular weight is 205 g/mol. The predicted octanol–water partition coefficient (Wildman–Crippen LogP) is 0.972. The number of carbonyl (C=O) groups is 1. The van der Waals surface area contributed by atoms with Gasteiger partial charge in [0.05, 0.1) is 0 Å². The van der Waals surface area contributed by atoms with E-state index in [0.29, 0.717) is 6.42 Å². The summed E-state index contributed by atoms with van der Waals surface area (Å²) in [5.74, 6) is 2.44. The van der Waals surface area contributed by atoms with Crippen molar-refractivity contribution in [2.75, 3.05) is 0 Å². The van der Waals surface area contributed by atoms with Gasteiger partial charge in [-0.15, -0.1) is 12.3 Å².